The van der Waals surface area contributed by atoms with E-state index in [1.807, 2.05) is 4.90 Å². The van der Waals surface area contributed by atoms with Crippen LogP contribution in [0.5, 0.6) is 0 Å². The zero-order chi connectivity index (χ0) is 11.1. The second-order valence-corrected chi connectivity index (χ2v) is 5.93. The molecule has 2 aliphatic rings. The molecule has 2 rings (SSSR count). The lowest BCUT2D eigenvalue weighted by Crippen LogP contribution is -2.36. The van der Waals surface area contributed by atoms with Gasteiger partial charge in [0.2, 0.25) is 5.91 Å². The Morgan fingerprint density at radius 2 is 2.20 bits per heavy atom. The summed E-state index contributed by atoms with van der Waals surface area (Å²) in [5, 5.41) is 0. The predicted molar refractivity (Wildman–Crippen MR) is 60.3 cm³/mol. The number of amides is 1. The van der Waals surface area contributed by atoms with Gasteiger partial charge in [-0.15, -0.1) is 0 Å². The summed E-state index contributed by atoms with van der Waals surface area (Å²) in [7, 11) is 0. The molecule has 3 nitrogen and oxygen atoms in total. The summed E-state index contributed by atoms with van der Waals surface area (Å²) in [5.74, 6) is 0.893. The summed E-state index contributed by atoms with van der Waals surface area (Å²) in [6.07, 6.45) is 4.12. The Labute approximate surface area is 92.0 Å². The zero-order valence-electron chi connectivity index (χ0n) is 9.83. The van der Waals surface area contributed by atoms with Gasteiger partial charge in [-0.1, -0.05) is 13.8 Å². The third-order valence-corrected chi connectivity index (χ3v) is 3.67. The number of nitrogens with zero attached hydrogens (tertiary/aromatic N) is 1. The Morgan fingerprint density at radius 3 is 2.67 bits per heavy atom. The highest BCUT2D eigenvalue weighted by molar-refractivity contribution is 5.77. The van der Waals surface area contributed by atoms with Gasteiger partial charge in [0.25, 0.3) is 0 Å². The van der Waals surface area contributed by atoms with Crippen LogP contribution in [-0.4, -0.2) is 29.9 Å². The van der Waals surface area contributed by atoms with E-state index >= 15 is 0 Å². The van der Waals surface area contributed by atoms with Gasteiger partial charge in [0.05, 0.1) is 0 Å². The molecule has 15 heavy (non-hydrogen) atoms. The van der Waals surface area contributed by atoms with Crippen LogP contribution in [0.2, 0.25) is 0 Å². The topological polar surface area (TPSA) is 46.3 Å². The highest BCUT2D eigenvalue weighted by Crippen LogP contribution is 2.34. The highest BCUT2D eigenvalue weighted by atomic mass is 16.2. The molecule has 1 unspecified atom stereocenters. The SMILES string of the molecule is CC1(C)CCN(C(=O)CC(N)C2CC2)C1. The number of likely N-dealkylation sites (tertiary alicyclic amines) is 1. The van der Waals surface area contributed by atoms with E-state index in [2.05, 4.69) is 13.8 Å². The molecule has 2 N–H and O–H groups in total. The van der Waals surface area contributed by atoms with Crippen molar-refractivity contribution in [1.29, 1.82) is 0 Å². The van der Waals surface area contributed by atoms with Crippen LogP contribution in [0.4, 0.5) is 0 Å². The van der Waals surface area contributed by atoms with Crippen LogP contribution in [0.3, 0.4) is 0 Å². The quantitative estimate of drug-likeness (QED) is 0.764. The fourth-order valence-electron chi connectivity index (χ4n) is 2.35. The summed E-state index contributed by atoms with van der Waals surface area (Å²) >= 11 is 0. The van der Waals surface area contributed by atoms with E-state index in [4.69, 9.17) is 5.73 Å². The molecule has 1 aliphatic carbocycles. The molecule has 0 bridgehead atoms. The number of hydrogen-bond acceptors (Lipinski definition) is 2. The van der Waals surface area contributed by atoms with Crippen LogP contribution in [0.25, 0.3) is 0 Å². The number of carbonyl (C=O) groups excluding carboxylic acids is 1. The largest absolute Gasteiger partial charge is 0.342 e. The molecule has 1 saturated heterocycles. The fourth-order valence-corrected chi connectivity index (χ4v) is 2.35. The van der Waals surface area contributed by atoms with E-state index < -0.39 is 0 Å². The molecule has 0 aromatic carbocycles. The first-order valence-corrected chi connectivity index (χ1v) is 6.01. The maximum Gasteiger partial charge on any atom is 0.224 e. The molecular weight excluding hydrogens is 188 g/mol. The molecule has 0 aromatic heterocycles. The summed E-state index contributed by atoms with van der Waals surface area (Å²) in [5.41, 5.74) is 6.27. The number of rotatable bonds is 3. The zero-order valence-corrected chi connectivity index (χ0v) is 9.83. The molecule has 0 radical (unpaired) electrons. The van der Waals surface area contributed by atoms with Gasteiger partial charge in [-0.25, -0.2) is 0 Å². The number of hydrogen-bond donors (Lipinski definition) is 1. The van der Waals surface area contributed by atoms with Gasteiger partial charge >= 0.3 is 0 Å². The van der Waals surface area contributed by atoms with Gasteiger partial charge in [-0.3, -0.25) is 4.79 Å². The molecule has 1 aliphatic heterocycles. The van der Waals surface area contributed by atoms with E-state index in [1.54, 1.807) is 0 Å². The summed E-state index contributed by atoms with van der Waals surface area (Å²) in [6.45, 7) is 6.27. The third kappa shape index (κ3) is 2.71. The molecule has 1 saturated carbocycles. The van der Waals surface area contributed by atoms with Crippen molar-refractivity contribution in [3.63, 3.8) is 0 Å². The lowest BCUT2D eigenvalue weighted by Gasteiger charge is -2.21. The summed E-state index contributed by atoms with van der Waals surface area (Å²) < 4.78 is 0. The molecule has 1 heterocycles. The minimum absolute atomic E-state index is 0.112. The van der Waals surface area contributed by atoms with Gasteiger partial charge in [-0.05, 0) is 30.6 Å². The Morgan fingerprint density at radius 1 is 1.53 bits per heavy atom. The second-order valence-electron chi connectivity index (χ2n) is 5.93. The summed E-state index contributed by atoms with van der Waals surface area (Å²) in [6, 6.07) is 0.112. The maximum atomic E-state index is 11.9. The van der Waals surface area contributed by atoms with Crippen molar-refractivity contribution >= 4 is 5.91 Å². The van der Waals surface area contributed by atoms with Crippen molar-refractivity contribution < 1.29 is 4.79 Å². The Hall–Kier alpha value is -0.570. The van der Waals surface area contributed by atoms with Crippen molar-refractivity contribution in [1.82, 2.24) is 4.90 Å². The molecule has 2 fully saturated rings. The molecule has 86 valence electrons. The van der Waals surface area contributed by atoms with Crippen molar-refractivity contribution in [2.24, 2.45) is 17.1 Å². The van der Waals surface area contributed by atoms with Crippen LogP contribution in [0.1, 0.15) is 39.5 Å². The number of carbonyl (C=O) groups is 1. The van der Waals surface area contributed by atoms with Gasteiger partial charge < -0.3 is 10.6 Å². The fraction of sp³-hybridized carbons (Fsp3) is 0.917. The van der Waals surface area contributed by atoms with E-state index in [9.17, 15) is 4.79 Å². The van der Waals surface area contributed by atoms with Crippen LogP contribution < -0.4 is 5.73 Å². The van der Waals surface area contributed by atoms with Crippen molar-refractivity contribution in [3.05, 3.63) is 0 Å². The first-order valence-electron chi connectivity index (χ1n) is 6.01. The third-order valence-electron chi connectivity index (χ3n) is 3.67. The second kappa shape index (κ2) is 3.78. The average Bonchev–Trinajstić information content (AvgIpc) is 2.91. The Kier molecular flexibility index (Phi) is 2.75. The summed E-state index contributed by atoms with van der Waals surface area (Å²) in [4.78, 5) is 13.9. The molecule has 0 aromatic rings. The van der Waals surface area contributed by atoms with Gasteiger partial charge in [0.15, 0.2) is 0 Å². The van der Waals surface area contributed by atoms with Crippen LogP contribution >= 0.6 is 0 Å². The van der Waals surface area contributed by atoms with E-state index in [-0.39, 0.29) is 11.9 Å². The van der Waals surface area contributed by atoms with Crippen LogP contribution in [-0.2, 0) is 4.79 Å². The predicted octanol–water partition coefficient (Wildman–Crippen LogP) is 1.37. The maximum absolute atomic E-state index is 11.9. The minimum atomic E-state index is 0.112. The lowest BCUT2D eigenvalue weighted by atomic mass is 9.93. The minimum Gasteiger partial charge on any atom is -0.342 e. The normalized spacial score (nSPS) is 26.7. The van der Waals surface area contributed by atoms with Gasteiger partial charge in [-0.2, -0.15) is 0 Å². The van der Waals surface area contributed by atoms with Crippen molar-refractivity contribution in [2.75, 3.05) is 13.1 Å². The van der Waals surface area contributed by atoms with E-state index in [0.29, 0.717) is 17.8 Å². The Bertz CT molecular complexity index is 258. The smallest absolute Gasteiger partial charge is 0.224 e. The van der Waals surface area contributed by atoms with Gasteiger partial charge in [0, 0.05) is 25.6 Å². The average molecular weight is 210 g/mol. The highest BCUT2D eigenvalue weighted by Gasteiger charge is 2.35. The number of nitrogens with two attached hydrogens (primary N) is 1. The standard InChI is InChI=1S/C12H22N2O/c1-12(2)5-6-14(8-12)11(15)7-10(13)9-3-4-9/h9-10H,3-8,13H2,1-2H3. The van der Waals surface area contributed by atoms with Crippen molar-refractivity contribution in [3.8, 4) is 0 Å². The van der Waals surface area contributed by atoms with Gasteiger partial charge in [0.1, 0.15) is 0 Å². The van der Waals surface area contributed by atoms with Crippen LogP contribution in [0.15, 0.2) is 0 Å². The molecule has 3 heteroatoms. The lowest BCUT2D eigenvalue weighted by molar-refractivity contribution is -0.130. The monoisotopic (exact) mass is 210 g/mol. The Balaban J connectivity index is 1.81. The van der Waals surface area contributed by atoms with E-state index in [1.165, 1.54) is 12.8 Å². The molecular formula is C12H22N2O. The molecule has 0 spiro atoms. The molecule has 1 atom stereocenters. The first kappa shape index (κ1) is 10.9. The first-order chi connectivity index (χ1) is 6.98. The molecule has 1 amide bonds. The van der Waals surface area contributed by atoms with Crippen molar-refractivity contribution in [2.45, 2.75) is 45.6 Å². The van der Waals surface area contributed by atoms with Crippen LogP contribution in [0, 0.1) is 11.3 Å². The van der Waals surface area contributed by atoms with E-state index in [0.717, 1.165) is 19.5 Å².